The van der Waals surface area contributed by atoms with E-state index in [1.54, 1.807) is 12.4 Å². The fourth-order valence-corrected chi connectivity index (χ4v) is 2.28. The van der Waals surface area contributed by atoms with Crippen LogP contribution >= 0.6 is 0 Å². The van der Waals surface area contributed by atoms with Gasteiger partial charge in [0.25, 0.3) is 0 Å². The molecule has 19 heavy (non-hydrogen) atoms. The fraction of sp³-hybridized carbons (Fsp3) is 0.357. The number of hydrogen-bond acceptors (Lipinski definition) is 5. The first kappa shape index (κ1) is 12.0. The molecule has 0 aliphatic carbocycles. The van der Waals surface area contributed by atoms with E-state index in [-0.39, 0.29) is 0 Å². The number of anilines is 2. The second-order valence-corrected chi connectivity index (χ2v) is 4.77. The van der Waals surface area contributed by atoms with Gasteiger partial charge in [-0.2, -0.15) is 0 Å². The molecule has 0 amide bonds. The SMILES string of the molecule is Cc1cccnc1Nc1cncc(C2CCCN2)n1. The van der Waals surface area contributed by atoms with E-state index in [4.69, 9.17) is 0 Å². The van der Waals surface area contributed by atoms with E-state index in [9.17, 15) is 0 Å². The largest absolute Gasteiger partial charge is 0.323 e. The molecule has 0 radical (unpaired) electrons. The first-order valence-corrected chi connectivity index (χ1v) is 6.57. The van der Waals surface area contributed by atoms with Crippen LogP contribution in [0.3, 0.4) is 0 Å². The van der Waals surface area contributed by atoms with Crippen LogP contribution in [-0.2, 0) is 0 Å². The van der Waals surface area contributed by atoms with Gasteiger partial charge in [0.1, 0.15) is 11.6 Å². The van der Waals surface area contributed by atoms with Gasteiger partial charge in [0.15, 0.2) is 0 Å². The molecule has 1 saturated heterocycles. The highest BCUT2D eigenvalue weighted by Crippen LogP contribution is 2.22. The van der Waals surface area contributed by atoms with Crippen LogP contribution in [0.4, 0.5) is 11.6 Å². The van der Waals surface area contributed by atoms with Crippen molar-refractivity contribution in [3.63, 3.8) is 0 Å². The molecule has 1 atom stereocenters. The molecule has 2 aromatic heterocycles. The monoisotopic (exact) mass is 255 g/mol. The first-order chi connectivity index (χ1) is 9.33. The van der Waals surface area contributed by atoms with Crippen molar-refractivity contribution in [3.8, 4) is 0 Å². The minimum absolute atomic E-state index is 0.332. The van der Waals surface area contributed by atoms with Crippen molar-refractivity contribution in [1.82, 2.24) is 20.3 Å². The third-order valence-electron chi connectivity index (χ3n) is 3.33. The highest BCUT2D eigenvalue weighted by Gasteiger charge is 2.18. The summed E-state index contributed by atoms with van der Waals surface area (Å²) in [5.41, 5.74) is 2.09. The van der Waals surface area contributed by atoms with Crippen LogP contribution in [0.25, 0.3) is 0 Å². The van der Waals surface area contributed by atoms with E-state index >= 15 is 0 Å². The van der Waals surface area contributed by atoms with E-state index in [1.165, 1.54) is 6.42 Å². The zero-order chi connectivity index (χ0) is 13.1. The Balaban J connectivity index is 1.81. The van der Waals surface area contributed by atoms with E-state index in [0.29, 0.717) is 6.04 Å². The van der Waals surface area contributed by atoms with Crippen LogP contribution in [0.5, 0.6) is 0 Å². The third kappa shape index (κ3) is 2.71. The van der Waals surface area contributed by atoms with E-state index < -0.39 is 0 Å². The van der Waals surface area contributed by atoms with Crippen LogP contribution in [-0.4, -0.2) is 21.5 Å². The minimum Gasteiger partial charge on any atom is -0.323 e. The molecule has 2 N–H and O–H groups in total. The van der Waals surface area contributed by atoms with Crippen LogP contribution < -0.4 is 10.6 Å². The van der Waals surface area contributed by atoms with Gasteiger partial charge >= 0.3 is 0 Å². The Kier molecular flexibility index (Phi) is 3.37. The zero-order valence-corrected chi connectivity index (χ0v) is 10.9. The maximum absolute atomic E-state index is 4.62. The smallest absolute Gasteiger partial charge is 0.150 e. The number of pyridine rings is 1. The molecule has 3 rings (SSSR count). The molecule has 1 unspecified atom stereocenters. The standard InChI is InChI=1S/C14H17N5/c1-10-4-2-7-17-14(10)19-13-9-15-8-12(18-13)11-5-3-6-16-11/h2,4,7-9,11,16H,3,5-6H2,1H3,(H,17,18,19). The van der Waals surface area contributed by atoms with E-state index in [0.717, 1.165) is 35.9 Å². The molecule has 0 aromatic carbocycles. The Morgan fingerprint density at radius 3 is 3.11 bits per heavy atom. The molecular formula is C14H17N5. The number of nitrogens with zero attached hydrogens (tertiary/aromatic N) is 3. The molecule has 1 fully saturated rings. The van der Waals surface area contributed by atoms with Gasteiger partial charge in [-0.25, -0.2) is 9.97 Å². The molecule has 3 heterocycles. The van der Waals surface area contributed by atoms with Gasteiger partial charge < -0.3 is 10.6 Å². The topological polar surface area (TPSA) is 62.7 Å². The average Bonchev–Trinajstić information content (AvgIpc) is 2.96. The number of nitrogens with one attached hydrogen (secondary N) is 2. The molecule has 0 bridgehead atoms. The summed E-state index contributed by atoms with van der Waals surface area (Å²) in [5, 5.41) is 6.65. The second kappa shape index (κ2) is 5.32. The van der Waals surface area contributed by atoms with Gasteiger partial charge in [-0.05, 0) is 37.9 Å². The lowest BCUT2D eigenvalue weighted by Gasteiger charge is -2.11. The molecule has 98 valence electrons. The van der Waals surface area contributed by atoms with Crippen LogP contribution in [0.15, 0.2) is 30.7 Å². The third-order valence-corrected chi connectivity index (χ3v) is 3.33. The average molecular weight is 255 g/mol. The predicted molar refractivity (Wildman–Crippen MR) is 74.3 cm³/mol. The molecule has 0 spiro atoms. The molecule has 5 heteroatoms. The lowest BCUT2D eigenvalue weighted by atomic mass is 10.2. The molecule has 0 saturated carbocycles. The zero-order valence-electron chi connectivity index (χ0n) is 10.9. The highest BCUT2D eigenvalue weighted by molar-refractivity contribution is 5.54. The van der Waals surface area contributed by atoms with Gasteiger partial charge in [0.05, 0.1) is 24.1 Å². The van der Waals surface area contributed by atoms with Gasteiger partial charge in [-0.15, -0.1) is 0 Å². The van der Waals surface area contributed by atoms with Crippen LogP contribution in [0.1, 0.15) is 30.1 Å². The Bertz CT molecular complexity index is 563. The summed E-state index contributed by atoms with van der Waals surface area (Å²) in [6.07, 6.45) is 7.65. The summed E-state index contributed by atoms with van der Waals surface area (Å²) < 4.78 is 0. The van der Waals surface area contributed by atoms with Gasteiger partial charge in [-0.3, -0.25) is 4.98 Å². The van der Waals surface area contributed by atoms with E-state index in [1.807, 2.05) is 25.3 Å². The quantitative estimate of drug-likeness (QED) is 0.881. The second-order valence-electron chi connectivity index (χ2n) is 4.77. The molecule has 5 nitrogen and oxygen atoms in total. The Hall–Kier alpha value is -2.01. The molecular weight excluding hydrogens is 238 g/mol. The number of hydrogen-bond donors (Lipinski definition) is 2. The predicted octanol–water partition coefficient (Wildman–Crippen LogP) is 2.35. The molecule has 1 aliphatic rings. The van der Waals surface area contributed by atoms with Crippen LogP contribution in [0, 0.1) is 6.92 Å². The van der Waals surface area contributed by atoms with Crippen molar-refractivity contribution in [2.75, 3.05) is 11.9 Å². The normalized spacial score (nSPS) is 18.5. The fourth-order valence-electron chi connectivity index (χ4n) is 2.28. The number of aromatic nitrogens is 3. The summed E-state index contributed by atoms with van der Waals surface area (Å²) in [4.78, 5) is 13.2. The van der Waals surface area contributed by atoms with Crippen molar-refractivity contribution < 1.29 is 0 Å². The van der Waals surface area contributed by atoms with Crippen molar-refractivity contribution in [2.24, 2.45) is 0 Å². The summed E-state index contributed by atoms with van der Waals surface area (Å²) in [6.45, 7) is 3.08. The van der Waals surface area contributed by atoms with Crippen molar-refractivity contribution in [2.45, 2.75) is 25.8 Å². The summed E-state index contributed by atoms with van der Waals surface area (Å²) in [5.74, 6) is 1.57. The number of rotatable bonds is 3. The Labute approximate surface area is 112 Å². The van der Waals surface area contributed by atoms with E-state index in [2.05, 4.69) is 25.6 Å². The Morgan fingerprint density at radius 1 is 1.37 bits per heavy atom. The summed E-state index contributed by atoms with van der Waals surface area (Å²) in [7, 11) is 0. The summed E-state index contributed by atoms with van der Waals surface area (Å²) >= 11 is 0. The van der Waals surface area contributed by atoms with Crippen molar-refractivity contribution in [1.29, 1.82) is 0 Å². The van der Waals surface area contributed by atoms with Gasteiger partial charge in [0.2, 0.25) is 0 Å². The minimum atomic E-state index is 0.332. The highest BCUT2D eigenvalue weighted by atomic mass is 15.1. The van der Waals surface area contributed by atoms with Gasteiger partial charge in [-0.1, -0.05) is 6.07 Å². The molecule has 1 aliphatic heterocycles. The first-order valence-electron chi connectivity index (χ1n) is 6.57. The Morgan fingerprint density at radius 2 is 2.32 bits per heavy atom. The molecule has 2 aromatic rings. The maximum atomic E-state index is 4.62. The maximum Gasteiger partial charge on any atom is 0.150 e. The van der Waals surface area contributed by atoms with Crippen molar-refractivity contribution in [3.05, 3.63) is 42.0 Å². The number of aryl methyl sites for hydroxylation is 1. The lowest BCUT2D eigenvalue weighted by Crippen LogP contribution is -2.15. The lowest BCUT2D eigenvalue weighted by molar-refractivity contribution is 0.625. The van der Waals surface area contributed by atoms with Gasteiger partial charge in [0, 0.05) is 6.20 Å². The van der Waals surface area contributed by atoms with Crippen molar-refractivity contribution >= 4 is 11.6 Å². The summed E-state index contributed by atoms with van der Waals surface area (Å²) in [6, 6.07) is 4.27. The van der Waals surface area contributed by atoms with Crippen LogP contribution in [0.2, 0.25) is 0 Å².